The molecule has 1 heterocycles. The fourth-order valence-corrected chi connectivity index (χ4v) is 4.75. The second-order valence-electron chi connectivity index (χ2n) is 9.87. The molecule has 3 aromatic carbocycles. The molecule has 1 N–H and O–H groups in total. The molecule has 0 aliphatic rings. The second kappa shape index (κ2) is 15.0. The Labute approximate surface area is 227 Å². The Morgan fingerprint density at radius 1 is 0.816 bits per heavy atom. The lowest BCUT2D eigenvalue weighted by molar-refractivity contribution is -0.121. The average Bonchev–Trinajstić information content (AvgIpc) is 3.31. The van der Waals surface area contributed by atoms with E-state index < -0.39 is 0 Å². The minimum atomic E-state index is 0.137. The van der Waals surface area contributed by atoms with E-state index in [4.69, 9.17) is 9.72 Å². The van der Waals surface area contributed by atoms with E-state index in [0.29, 0.717) is 6.42 Å². The summed E-state index contributed by atoms with van der Waals surface area (Å²) in [6.07, 6.45) is 8.54. The third-order valence-corrected chi connectivity index (χ3v) is 6.99. The summed E-state index contributed by atoms with van der Waals surface area (Å²) in [6.45, 7) is 4.58. The maximum Gasteiger partial charge on any atom is 0.220 e. The smallest absolute Gasteiger partial charge is 0.220 e. The summed E-state index contributed by atoms with van der Waals surface area (Å²) in [6, 6.07) is 27.0. The van der Waals surface area contributed by atoms with Gasteiger partial charge in [0.2, 0.25) is 5.91 Å². The molecule has 4 aromatic rings. The molecule has 5 heteroatoms. The van der Waals surface area contributed by atoms with Crippen molar-refractivity contribution in [3.63, 3.8) is 0 Å². The van der Waals surface area contributed by atoms with Crippen LogP contribution in [0, 0.1) is 0 Å². The topological polar surface area (TPSA) is 56.1 Å². The number of hydrogen-bond acceptors (Lipinski definition) is 3. The van der Waals surface area contributed by atoms with Gasteiger partial charge in [0.15, 0.2) is 0 Å². The molecule has 0 radical (unpaired) electrons. The first-order valence-corrected chi connectivity index (χ1v) is 14.2. The first kappa shape index (κ1) is 27.4. The molecule has 38 heavy (non-hydrogen) atoms. The van der Waals surface area contributed by atoms with Crippen molar-refractivity contribution in [2.45, 2.75) is 71.3 Å². The molecule has 0 spiro atoms. The van der Waals surface area contributed by atoms with Gasteiger partial charge in [0.25, 0.3) is 0 Å². The minimum absolute atomic E-state index is 0.137. The zero-order valence-electron chi connectivity index (χ0n) is 22.7. The van der Waals surface area contributed by atoms with E-state index in [1.165, 1.54) is 16.6 Å². The van der Waals surface area contributed by atoms with Gasteiger partial charge in [0, 0.05) is 25.9 Å². The third-order valence-electron chi connectivity index (χ3n) is 6.99. The normalized spacial score (nSPS) is 11.1. The number of carbonyl (C=O) groups excluding carboxylic acids is 1. The number of aromatic nitrogens is 2. The molecule has 0 unspecified atom stereocenters. The first-order valence-electron chi connectivity index (χ1n) is 14.2. The van der Waals surface area contributed by atoms with Crippen LogP contribution < -0.4 is 10.1 Å². The van der Waals surface area contributed by atoms with Gasteiger partial charge in [0.1, 0.15) is 11.6 Å². The lowest BCUT2D eigenvalue weighted by Gasteiger charge is -2.11. The van der Waals surface area contributed by atoms with Gasteiger partial charge in [-0.15, -0.1) is 0 Å². The van der Waals surface area contributed by atoms with E-state index in [2.05, 4.69) is 77.5 Å². The SMILES string of the molecule is CCc1ccc(OCCCCn2c(CCCCCNC(=O)CCc3ccccc3)nc3ccccc32)cc1. The average molecular weight is 512 g/mol. The molecule has 0 aliphatic heterocycles. The van der Waals surface area contributed by atoms with Crippen molar-refractivity contribution < 1.29 is 9.53 Å². The Kier molecular flexibility index (Phi) is 10.8. The molecule has 0 atom stereocenters. The number of nitrogens with zero attached hydrogens (tertiary/aromatic N) is 2. The summed E-state index contributed by atoms with van der Waals surface area (Å²) >= 11 is 0. The summed E-state index contributed by atoms with van der Waals surface area (Å²) in [4.78, 5) is 17.1. The van der Waals surface area contributed by atoms with Gasteiger partial charge in [-0.1, -0.05) is 67.9 Å². The highest BCUT2D eigenvalue weighted by Crippen LogP contribution is 2.19. The van der Waals surface area contributed by atoms with Crippen LogP contribution in [-0.2, 0) is 30.6 Å². The van der Waals surface area contributed by atoms with Crippen molar-refractivity contribution in [2.24, 2.45) is 0 Å². The van der Waals surface area contributed by atoms with Crippen molar-refractivity contribution >= 4 is 16.9 Å². The van der Waals surface area contributed by atoms with Gasteiger partial charge < -0.3 is 14.6 Å². The summed E-state index contributed by atoms with van der Waals surface area (Å²) < 4.78 is 8.33. The molecule has 0 aliphatic carbocycles. The van der Waals surface area contributed by atoms with Crippen molar-refractivity contribution in [1.82, 2.24) is 14.9 Å². The van der Waals surface area contributed by atoms with Crippen molar-refractivity contribution in [3.8, 4) is 5.75 Å². The maximum atomic E-state index is 12.1. The van der Waals surface area contributed by atoms with Gasteiger partial charge in [-0.2, -0.15) is 0 Å². The van der Waals surface area contributed by atoms with Crippen molar-refractivity contribution in [3.05, 3.63) is 95.8 Å². The van der Waals surface area contributed by atoms with Crippen LogP contribution in [0.1, 0.15) is 62.4 Å². The van der Waals surface area contributed by atoms with Crippen molar-refractivity contribution in [2.75, 3.05) is 13.2 Å². The highest BCUT2D eigenvalue weighted by molar-refractivity contribution is 5.76. The Morgan fingerprint density at radius 2 is 1.61 bits per heavy atom. The van der Waals surface area contributed by atoms with E-state index in [1.807, 2.05) is 18.2 Å². The molecule has 1 amide bonds. The summed E-state index contributed by atoms with van der Waals surface area (Å²) in [5.41, 5.74) is 4.82. The molecule has 0 saturated carbocycles. The van der Waals surface area contributed by atoms with Crippen LogP contribution in [0.25, 0.3) is 11.0 Å². The lowest BCUT2D eigenvalue weighted by Crippen LogP contribution is -2.24. The fourth-order valence-electron chi connectivity index (χ4n) is 4.75. The van der Waals surface area contributed by atoms with E-state index in [-0.39, 0.29) is 5.91 Å². The number of aryl methyl sites for hydroxylation is 4. The predicted octanol–water partition coefficient (Wildman–Crippen LogP) is 6.92. The van der Waals surface area contributed by atoms with Crippen LogP contribution in [-0.4, -0.2) is 28.6 Å². The van der Waals surface area contributed by atoms with Crippen molar-refractivity contribution in [1.29, 1.82) is 0 Å². The largest absolute Gasteiger partial charge is 0.494 e. The number of imidazole rings is 1. The number of hydrogen-bond donors (Lipinski definition) is 1. The van der Waals surface area contributed by atoms with Gasteiger partial charge >= 0.3 is 0 Å². The predicted molar refractivity (Wildman–Crippen MR) is 156 cm³/mol. The van der Waals surface area contributed by atoms with E-state index >= 15 is 0 Å². The molecule has 4 rings (SSSR count). The maximum absolute atomic E-state index is 12.1. The molecule has 200 valence electrons. The number of fused-ring (bicyclic) bond motifs is 1. The zero-order chi connectivity index (χ0) is 26.4. The highest BCUT2D eigenvalue weighted by Gasteiger charge is 2.10. The van der Waals surface area contributed by atoms with Gasteiger partial charge in [-0.25, -0.2) is 4.98 Å². The first-order chi connectivity index (χ1) is 18.7. The Hall–Kier alpha value is -3.60. The minimum Gasteiger partial charge on any atom is -0.494 e. The monoisotopic (exact) mass is 511 g/mol. The number of amides is 1. The number of rotatable bonds is 16. The van der Waals surface area contributed by atoms with E-state index in [1.54, 1.807) is 0 Å². The van der Waals surface area contributed by atoms with Gasteiger partial charge in [-0.3, -0.25) is 4.79 Å². The lowest BCUT2D eigenvalue weighted by atomic mass is 10.1. The summed E-state index contributed by atoms with van der Waals surface area (Å²) in [7, 11) is 0. The quantitative estimate of drug-likeness (QED) is 0.166. The van der Waals surface area contributed by atoms with E-state index in [9.17, 15) is 4.79 Å². The van der Waals surface area contributed by atoms with Gasteiger partial charge in [-0.05, 0) is 73.9 Å². The van der Waals surface area contributed by atoms with Gasteiger partial charge in [0.05, 0.1) is 17.6 Å². The number of unbranched alkanes of at least 4 members (excludes halogenated alkanes) is 3. The number of nitrogens with one attached hydrogen (secondary N) is 1. The third kappa shape index (κ3) is 8.47. The molecule has 0 bridgehead atoms. The second-order valence-corrected chi connectivity index (χ2v) is 9.87. The highest BCUT2D eigenvalue weighted by atomic mass is 16.5. The van der Waals surface area contributed by atoms with Crippen LogP contribution in [0.3, 0.4) is 0 Å². The number of benzene rings is 3. The Bertz CT molecular complexity index is 1250. The summed E-state index contributed by atoms with van der Waals surface area (Å²) in [5.74, 6) is 2.25. The number of ether oxygens (including phenoxy) is 1. The number of para-hydroxylation sites is 2. The molecular weight excluding hydrogens is 470 g/mol. The molecule has 0 saturated heterocycles. The van der Waals surface area contributed by atoms with Crippen LogP contribution in [0.5, 0.6) is 5.75 Å². The Morgan fingerprint density at radius 3 is 2.42 bits per heavy atom. The standard InChI is InChI=1S/C33H41N3O2/c1-2-27-18-21-29(22-19-27)38-26-12-11-25-36-31-16-9-8-15-30(31)35-32(36)17-7-4-10-24-34-33(37)23-20-28-13-5-3-6-14-28/h3,5-6,8-9,13-16,18-19,21-22H,2,4,7,10-12,17,20,23-26H2,1H3,(H,34,37). The van der Waals surface area contributed by atoms with Crippen LogP contribution >= 0.6 is 0 Å². The Balaban J connectivity index is 1.16. The molecule has 5 nitrogen and oxygen atoms in total. The van der Waals surface area contributed by atoms with Crippen LogP contribution in [0.2, 0.25) is 0 Å². The molecular formula is C33H41N3O2. The fraction of sp³-hybridized carbons (Fsp3) is 0.394. The van der Waals surface area contributed by atoms with E-state index in [0.717, 1.165) is 88.2 Å². The summed E-state index contributed by atoms with van der Waals surface area (Å²) in [5, 5.41) is 3.07. The molecule has 0 fully saturated rings. The molecule has 1 aromatic heterocycles. The number of carbonyl (C=O) groups is 1. The zero-order valence-corrected chi connectivity index (χ0v) is 22.7. The van der Waals surface area contributed by atoms with Crippen LogP contribution in [0.4, 0.5) is 0 Å². The van der Waals surface area contributed by atoms with Crippen LogP contribution in [0.15, 0.2) is 78.9 Å².